The van der Waals surface area contributed by atoms with Crippen molar-refractivity contribution < 1.29 is 14.3 Å². The Morgan fingerprint density at radius 3 is 2.74 bits per heavy atom. The Labute approximate surface area is 161 Å². The molecule has 0 unspecified atom stereocenters. The zero-order chi connectivity index (χ0) is 19.3. The monoisotopic (exact) mass is 370 g/mol. The van der Waals surface area contributed by atoms with Gasteiger partial charge in [0.2, 0.25) is 0 Å². The smallest absolute Gasteiger partial charge is 0.256 e. The number of aromatic nitrogens is 1. The van der Waals surface area contributed by atoms with E-state index in [-0.39, 0.29) is 5.91 Å². The first-order valence-electron chi connectivity index (χ1n) is 10.1. The number of carbonyl (C=O) groups excluding carboxylic acids is 1. The Balaban J connectivity index is 1.84. The van der Waals surface area contributed by atoms with Crippen molar-refractivity contribution >= 4 is 22.5 Å². The molecule has 0 spiro atoms. The highest BCUT2D eigenvalue weighted by Gasteiger charge is 2.48. The van der Waals surface area contributed by atoms with E-state index in [2.05, 4.69) is 24.1 Å². The highest BCUT2D eigenvalue weighted by Crippen LogP contribution is 2.43. The van der Waals surface area contributed by atoms with Gasteiger partial charge in [-0.05, 0) is 62.8 Å². The fraction of sp³-hybridized carbons (Fsp3) is 0.545. The maximum Gasteiger partial charge on any atom is 0.256 e. The molecule has 0 aliphatic heterocycles. The minimum Gasteiger partial charge on any atom is -0.491 e. The standard InChI is InChI=1S/C22H30N2O3/c1-4-6-15-26-19-12-11-18(17-8-7-13-23-20(17)19)24-21(25)22(3,16-9-10-16)27-14-5-2/h7-8,11-13,16H,4-6,9-10,14-15H2,1-3H3,(H,24,25)/t22-/m0/s1. The Morgan fingerprint density at radius 2 is 2.04 bits per heavy atom. The van der Waals surface area contributed by atoms with Crippen LogP contribution in [0.15, 0.2) is 30.5 Å². The van der Waals surface area contributed by atoms with Crippen LogP contribution in [0.1, 0.15) is 52.9 Å². The molecule has 1 amide bonds. The van der Waals surface area contributed by atoms with Crippen LogP contribution in [0.3, 0.4) is 0 Å². The quantitative estimate of drug-likeness (QED) is 0.601. The summed E-state index contributed by atoms with van der Waals surface area (Å²) in [5, 5.41) is 3.97. The van der Waals surface area contributed by atoms with Crippen LogP contribution in [0.5, 0.6) is 5.75 Å². The second-order valence-electron chi connectivity index (χ2n) is 7.40. The first-order chi connectivity index (χ1) is 13.1. The van der Waals surface area contributed by atoms with E-state index in [1.54, 1.807) is 6.20 Å². The fourth-order valence-electron chi connectivity index (χ4n) is 3.26. The molecule has 5 nitrogen and oxygen atoms in total. The summed E-state index contributed by atoms with van der Waals surface area (Å²) in [6.07, 6.45) is 6.81. The van der Waals surface area contributed by atoms with Crippen LogP contribution in [-0.4, -0.2) is 29.7 Å². The molecular formula is C22H30N2O3. The largest absolute Gasteiger partial charge is 0.491 e. The van der Waals surface area contributed by atoms with Gasteiger partial charge in [0, 0.05) is 18.2 Å². The molecule has 1 heterocycles. The van der Waals surface area contributed by atoms with Crippen LogP contribution < -0.4 is 10.1 Å². The Bertz CT molecular complexity index is 788. The Kier molecular flexibility index (Phi) is 6.32. The van der Waals surface area contributed by atoms with Gasteiger partial charge in [-0.25, -0.2) is 0 Å². The van der Waals surface area contributed by atoms with Crippen molar-refractivity contribution in [1.82, 2.24) is 4.98 Å². The lowest BCUT2D eigenvalue weighted by molar-refractivity contribution is -0.142. The molecule has 0 bridgehead atoms. The summed E-state index contributed by atoms with van der Waals surface area (Å²) < 4.78 is 11.9. The van der Waals surface area contributed by atoms with E-state index >= 15 is 0 Å². The summed E-state index contributed by atoms with van der Waals surface area (Å²) in [7, 11) is 0. The topological polar surface area (TPSA) is 60.5 Å². The van der Waals surface area contributed by atoms with Crippen molar-refractivity contribution in [2.75, 3.05) is 18.5 Å². The molecule has 27 heavy (non-hydrogen) atoms. The fourth-order valence-corrected chi connectivity index (χ4v) is 3.26. The molecule has 1 saturated carbocycles. The van der Waals surface area contributed by atoms with E-state index in [1.165, 1.54) is 0 Å². The number of rotatable bonds is 10. The van der Waals surface area contributed by atoms with Gasteiger partial charge in [0.25, 0.3) is 5.91 Å². The second kappa shape index (κ2) is 8.70. The van der Waals surface area contributed by atoms with Gasteiger partial charge in [0.1, 0.15) is 16.9 Å². The van der Waals surface area contributed by atoms with Crippen LogP contribution in [0, 0.1) is 5.92 Å². The van der Waals surface area contributed by atoms with Gasteiger partial charge < -0.3 is 14.8 Å². The molecule has 3 rings (SSSR count). The van der Waals surface area contributed by atoms with Crippen LogP contribution in [-0.2, 0) is 9.53 Å². The zero-order valence-corrected chi connectivity index (χ0v) is 16.6. The molecule has 2 aromatic rings. The van der Waals surface area contributed by atoms with Crippen molar-refractivity contribution in [3.05, 3.63) is 30.5 Å². The van der Waals surface area contributed by atoms with Gasteiger partial charge >= 0.3 is 0 Å². The highest BCUT2D eigenvalue weighted by molar-refractivity contribution is 6.05. The summed E-state index contributed by atoms with van der Waals surface area (Å²) in [4.78, 5) is 17.6. The third-order valence-electron chi connectivity index (χ3n) is 5.15. The molecule has 5 heteroatoms. The molecule has 0 saturated heterocycles. The van der Waals surface area contributed by atoms with Gasteiger partial charge in [-0.3, -0.25) is 9.78 Å². The minimum atomic E-state index is -0.777. The predicted octanol–water partition coefficient (Wildman–Crippen LogP) is 4.95. The molecule has 1 N–H and O–H groups in total. The predicted molar refractivity (Wildman–Crippen MR) is 108 cm³/mol. The number of hydrogen-bond acceptors (Lipinski definition) is 4. The van der Waals surface area contributed by atoms with Crippen LogP contribution in [0.2, 0.25) is 0 Å². The second-order valence-corrected chi connectivity index (χ2v) is 7.40. The summed E-state index contributed by atoms with van der Waals surface area (Å²) in [6, 6.07) is 7.63. The lowest BCUT2D eigenvalue weighted by Crippen LogP contribution is -2.45. The average molecular weight is 370 g/mol. The van der Waals surface area contributed by atoms with E-state index in [0.29, 0.717) is 19.1 Å². The van der Waals surface area contributed by atoms with Gasteiger partial charge in [-0.2, -0.15) is 0 Å². The Morgan fingerprint density at radius 1 is 1.22 bits per heavy atom. The van der Waals surface area contributed by atoms with Crippen LogP contribution in [0.25, 0.3) is 10.9 Å². The molecule has 1 atom stereocenters. The molecule has 146 valence electrons. The lowest BCUT2D eigenvalue weighted by Gasteiger charge is -2.29. The van der Waals surface area contributed by atoms with E-state index in [0.717, 1.165) is 54.4 Å². The zero-order valence-electron chi connectivity index (χ0n) is 16.6. The minimum absolute atomic E-state index is 0.0803. The number of hydrogen-bond donors (Lipinski definition) is 1. The SMILES string of the molecule is CCCCOc1ccc(NC(=O)[C@@](C)(OCCC)C2CC2)c2cccnc12. The number of pyridine rings is 1. The highest BCUT2D eigenvalue weighted by atomic mass is 16.5. The van der Waals surface area contributed by atoms with E-state index in [1.807, 2.05) is 31.2 Å². The van der Waals surface area contributed by atoms with Crippen molar-refractivity contribution in [1.29, 1.82) is 0 Å². The average Bonchev–Trinajstić information content (AvgIpc) is 3.53. The molecule has 1 fully saturated rings. The molecule has 1 aliphatic carbocycles. The maximum absolute atomic E-state index is 13.1. The maximum atomic E-state index is 13.1. The third-order valence-corrected chi connectivity index (χ3v) is 5.15. The number of amides is 1. The van der Waals surface area contributed by atoms with Gasteiger partial charge in [0.15, 0.2) is 0 Å². The number of unbranched alkanes of at least 4 members (excludes halogenated alkanes) is 1. The van der Waals surface area contributed by atoms with Gasteiger partial charge in [-0.1, -0.05) is 20.3 Å². The molecule has 0 radical (unpaired) electrons. The molecule has 1 aromatic heterocycles. The third kappa shape index (κ3) is 4.41. The first kappa shape index (κ1) is 19.6. The Hall–Kier alpha value is -2.14. The summed E-state index contributed by atoms with van der Waals surface area (Å²) in [6.45, 7) is 7.36. The number of carbonyl (C=O) groups is 1. The number of nitrogens with one attached hydrogen (secondary N) is 1. The van der Waals surface area contributed by atoms with Crippen molar-refractivity contribution in [3.8, 4) is 5.75 Å². The summed E-state index contributed by atoms with van der Waals surface area (Å²) in [5.41, 5.74) is 0.743. The van der Waals surface area contributed by atoms with E-state index in [4.69, 9.17) is 9.47 Å². The van der Waals surface area contributed by atoms with Crippen LogP contribution >= 0.6 is 0 Å². The number of benzene rings is 1. The van der Waals surface area contributed by atoms with Gasteiger partial charge in [-0.15, -0.1) is 0 Å². The normalized spacial score (nSPS) is 16.1. The number of ether oxygens (including phenoxy) is 2. The lowest BCUT2D eigenvalue weighted by atomic mass is 9.98. The number of fused-ring (bicyclic) bond motifs is 1. The molecule has 1 aliphatic rings. The van der Waals surface area contributed by atoms with Gasteiger partial charge in [0.05, 0.1) is 12.3 Å². The molecule has 1 aromatic carbocycles. The van der Waals surface area contributed by atoms with E-state index < -0.39 is 5.60 Å². The van der Waals surface area contributed by atoms with E-state index in [9.17, 15) is 4.79 Å². The van der Waals surface area contributed by atoms with Crippen LogP contribution in [0.4, 0.5) is 5.69 Å². The number of anilines is 1. The van der Waals surface area contributed by atoms with Crippen molar-refractivity contribution in [2.24, 2.45) is 5.92 Å². The van der Waals surface area contributed by atoms with Crippen molar-refractivity contribution in [2.45, 2.75) is 58.5 Å². The number of nitrogens with zero attached hydrogens (tertiary/aromatic N) is 1. The summed E-state index contributed by atoms with van der Waals surface area (Å²) in [5.74, 6) is 0.970. The molecular weight excluding hydrogens is 340 g/mol. The summed E-state index contributed by atoms with van der Waals surface area (Å²) >= 11 is 0. The first-order valence-corrected chi connectivity index (χ1v) is 10.1. The van der Waals surface area contributed by atoms with Crippen molar-refractivity contribution in [3.63, 3.8) is 0 Å².